The van der Waals surface area contributed by atoms with E-state index in [1.54, 1.807) is 6.07 Å². The molecule has 0 aliphatic rings. The molecule has 6 heteroatoms. The first kappa shape index (κ1) is 13.9. The first-order valence-corrected chi connectivity index (χ1v) is 6.49. The minimum absolute atomic E-state index is 0.0644. The Morgan fingerprint density at radius 3 is 2.37 bits per heavy atom. The van der Waals surface area contributed by atoms with Gasteiger partial charge >= 0.3 is 0 Å². The Labute approximate surface area is 122 Å². The molecule has 0 saturated carbocycles. The summed E-state index contributed by atoms with van der Waals surface area (Å²) in [5.74, 6) is -0.823. The van der Waals surface area contributed by atoms with Crippen molar-refractivity contribution in [1.29, 1.82) is 0 Å². The zero-order chi connectivity index (χ0) is 14.0. The SMILES string of the molecule is NC(=S)c1cc(F)ccc1Nc1cc(F)ccc1Br. The van der Waals surface area contributed by atoms with Crippen LogP contribution in [0, 0.1) is 11.6 Å². The van der Waals surface area contributed by atoms with Crippen molar-refractivity contribution in [2.45, 2.75) is 0 Å². The lowest BCUT2D eigenvalue weighted by Gasteiger charge is -2.12. The lowest BCUT2D eigenvalue weighted by Crippen LogP contribution is -2.12. The van der Waals surface area contributed by atoms with E-state index in [0.29, 0.717) is 21.4 Å². The molecule has 0 atom stereocenters. The Hall–Kier alpha value is -1.53. The van der Waals surface area contributed by atoms with E-state index in [1.165, 1.54) is 30.3 Å². The van der Waals surface area contributed by atoms with Crippen LogP contribution in [-0.4, -0.2) is 4.99 Å². The molecular weight excluding hydrogens is 334 g/mol. The third-order valence-electron chi connectivity index (χ3n) is 2.44. The van der Waals surface area contributed by atoms with E-state index < -0.39 is 5.82 Å². The van der Waals surface area contributed by atoms with E-state index in [4.69, 9.17) is 18.0 Å². The molecule has 3 N–H and O–H groups in total. The fourth-order valence-electron chi connectivity index (χ4n) is 1.57. The maximum absolute atomic E-state index is 13.2. The second-order valence-electron chi connectivity index (χ2n) is 3.80. The standard InChI is InChI=1S/C13H9BrF2N2S/c14-10-3-1-8(16)6-12(10)18-11-4-2-7(15)5-9(11)13(17)19/h1-6,18H,(H2,17,19). The van der Waals surface area contributed by atoms with Crippen LogP contribution in [0.25, 0.3) is 0 Å². The summed E-state index contributed by atoms with van der Waals surface area (Å²) in [7, 11) is 0. The predicted octanol–water partition coefficient (Wildman–Crippen LogP) is 4.11. The molecule has 0 spiro atoms. The Bertz CT molecular complexity index is 647. The normalized spacial score (nSPS) is 10.3. The highest BCUT2D eigenvalue weighted by Gasteiger charge is 2.09. The van der Waals surface area contributed by atoms with Crippen LogP contribution in [0.4, 0.5) is 20.2 Å². The van der Waals surface area contributed by atoms with Crippen LogP contribution in [0.2, 0.25) is 0 Å². The van der Waals surface area contributed by atoms with E-state index in [0.717, 1.165) is 0 Å². The smallest absolute Gasteiger partial charge is 0.125 e. The van der Waals surface area contributed by atoms with Crippen molar-refractivity contribution in [3.63, 3.8) is 0 Å². The van der Waals surface area contributed by atoms with E-state index in [1.807, 2.05) is 0 Å². The highest BCUT2D eigenvalue weighted by molar-refractivity contribution is 9.10. The van der Waals surface area contributed by atoms with Crippen molar-refractivity contribution in [2.75, 3.05) is 5.32 Å². The summed E-state index contributed by atoms with van der Waals surface area (Å²) in [4.78, 5) is 0.0644. The summed E-state index contributed by atoms with van der Waals surface area (Å²) in [6, 6.07) is 8.23. The summed E-state index contributed by atoms with van der Waals surface area (Å²) in [6.45, 7) is 0. The fraction of sp³-hybridized carbons (Fsp3) is 0. The lowest BCUT2D eigenvalue weighted by atomic mass is 10.1. The molecule has 0 aliphatic carbocycles. The Morgan fingerprint density at radius 2 is 1.68 bits per heavy atom. The van der Waals surface area contributed by atoms with Crippen molar-refractivity contribution < 1.29 is 8.78 Å². The molecule has 2 aromatic carbocycles. The number of hydrogen-bond acceptors (Lipinski definition) is 2. The minimum atomic E-state index is -0.438. The van der Waals surface area contributed by atoms with Gasteiger partial charge in [0.15, 0.2) is 0 Å². The molecule has 2 rings (SSSR count). The number of hydrogen-bond donors (Lipinski definition) is 2. The fourth-order valence-corrected chi connectivity index (χ4v) is 2.08. The monoisotopic (exact) mass is 342 g/mol. The molecule has 98 valence electrons. The lowest BCUT2D eigenvalue weighted by molar-refractivity contribution is 0.627. The maximum atomic E-state index is 13.2. The van der Waals surface area contributed by atoms with Gasteiger partial charge in [-0.05, 0) is 52.3 Å². The van der Waals surface area contributed by atoms with Crippen molar-refractivity contribution in [2.24, 2.45) is 5.73 Å². The zero-order valence-corrected chi connectivity index (χ0v) is 12.0. The summed E-state index contributed by atoms with van der Waals surface area (Å²) in [5, 5.41) is 2.97. The maximum Gasteiger partial charge on any atom is 0.125 e. The molecule has 0 bridgehead atoms. The van der Waals surface area contributed by atoms with Crippen LogP contribution < -0.4 is 11.1 Å². The van der Waals surface area contributed by atoms with Crippen LogP contribution >= 0.6 is 28.1 Å². The zero-order valence-electron chi connectivity index (χ0n) is 9.58. The molecule has 0 amide bonds. The van der Waals surface area contributed by atoms with Gasteiger partial charge in [-0.1, -0.05) is 12.2 Å². The first-order valence-electron chi connectivity index (χ1n) is 5.29. The van der Waals surface area contributed by atoms with Crippen molar-refractivity contribution in [1.82, 2.24) is 0 Å². The van der Waals surface area contributed by atoms with Gasteiger partial charge in [0.1, 0.15) is 16.6 Å². The third kappa shape index (κ3) is 3.27. The summed E-state index contributed by atoms with van der Waals surface area (Å²) in [5.41, 5.74) is 6.93. The summed E-state index contributed by atoms with van der Waals surface area (Å²) >= 11 is 8.17. The predicted molar refractivity (Wildman–Crippen MR) is 79.7 cm³/mol. The average molecular weight is 343 g/mol. The molecule has 0 fully saturated rings. The van der Waals surface area contributed by atoms with Crippen LogP contribution in [0.5, 0.6) is 0 Å². The molecule has 0 heterocycles. The second-order valence-corrected chi connectivity index (χ2v) is 5.10. The molecule has 0 unspecified atom stereocenters. The van der Waals surface area contributed by atoms with Crippen LogP contribution in [0.3, 0.4) is 0 Å². The van der Waals surface area contributed by atoms with E-state index >= 15 is 0 Å². The number of thiocarbonyl (C=S) groups is 1. The molecule has 0 radical (unpaired) electrons. The van der Waals surface area contributed by atoms with Crippen LogP contribution in [0.1, 0.15) is 5.56 Å². The largest absolute Gasteiger partial charge is 0.389 e. The Morgan fingerprint density at radius 1 is 1.05 bits per heavy atom. The number of halogens is 3. The minimum Gasteiger partial charge on any atom is -0.389 e. The second kappa shape index (κ2) is 5.63. The van der Waals surface area contributed by atoms with Crippen molar-refractivity contribution in [3.8, 4) is 0 Å². The number of benzene rings is 2. The van der Waals surface area contributed by atoms with Gasteiger partial charge < -0.3 is 11.1 Å². The number of nitrogens with one attached hydrogen (secondary N) is 1. The summed E-state index contributed by atoms with van der Waals surface area (Å²) in [6.07, 6.45) is 0. The van der Waals surface area contributed by atoms with Crippen LogP contribution in [0.15, 0.2) is 40.9 Å². The van der Waals surface area contributed by atoms with Gasteiger partial charge in [0.2, 0.25) is 0 Å². The van der Waals surface area contributed by atoms with E-state index in [-0.39, 0.29) is 10.8 Å². The number of nitrogens with two attached hydrogens (primary N) is 1. The van der Waals surface area contributed by atoms with Gasteiger partial charge in [0.25, 0.3) is 0 Å². The molecule has 19 heavy (non-hydrogen) atoms. The Kier molecular flexibility index (Phi) is 4.11. The van der Waals surface area contributed by atoms with E-state index in [2.05, 4.69) is 21.2 Å². The van der Waals surface area contributed by atoms with Gasteiger partial charge in [-0.3, -0.25) is 0 Å². The first-order chi connectivity index (χ1) is 8.97. The van der Waals surface area contributed by atoms with Gasteiger partial charge in [0, 0.05) is 15.7 Å². The highest BCUT2D eigenvalue weighted by atomic mass is 79.9. The van der Waals surface area contributed by atoms with Gasteiger partial charge in [-0.25, -0.2) is 8.78 Å². The molecule has 2 aromatic rings. The Balaban J connectivity index is 2.43. The van der Waals surface area contributed by atoms with Crippen molar-refractivity contribution in [3.05, 3.63) is 58.1 Å². The summed E-state index contributed by atoms with van der Waals surface area (Å²) < 4.78 is 27.1. The highest BCUT2D eigenvalue weighted by Crippen LogP contribution is 2.28. The molecule has 0 saturated heterocycles. The molecule has 0 aliphatic heterocycles. The molecule has 2 nitrogen and oxygen atoms in total. The van der Waals surface area contributed by atoms with Crippen LogP contribution in [-0.2, 0) is 0 Å². The average Bonchev–Trinajstić information content (AvgIpc) is 2.35. The van der Waals surface area contributed by atoms with Gasteiger partial charge in [-0.15, -0.1) is 0 Å². The van der Waals surface area contributed by atoms with E-state index in [9.17, 15) is 8.78 Å². The quantitative estimate of drug-likeness (QED) is 0.824. The topological polar surface area (TPSA) is 38.0 Å². The van der Waals surface area contributed by atoms with Gasteiger partial charge in [0.05, 0.1) is 5.69 Å². The number of rotatable bonds is 3. The molecule has 0 aromatic heterocycles. The third-order valence-corrected chi connectivity index (χ3v) is 3.36. The molecular formula is C13H9BrF2N2S. The van der Waals surface area contributed by atoms with Gasteiger partial charge in [-0.2, -0.15) is 0 Å². The van der Waals surface area contributed by atoms with Crippen molar-refractivity contribution >= 4 is 44.5 Å². The number of anilines is 2.